The van der Waals surface area contributed by atoms with Crippen LogP contribution in [0, 0.1) is 6.92 Å². The predicted molar refractivity (Wildman–Crippen MR) is 93.0 cm³/mol. The fourth-order valence-corrected chi connectivity index (χ4v) is 3.84. The highest BCUT2D eigenvalue weighted by Gasteiger charge is 2.31. The van der Waals surface area contributed by atoms with Gasteiger partial charge in [-0.25, -0.2) is 4.98 Å². The van der Waals surface area contributed by atoms with Crippen LogP contribution in [0.3, 0.4) is 0 Å². The zero-order chi connectivity index (χ0) is 16.8. The number of hydrogen-bond acceptors (Lipinski definition) is 6. The van der Waals surface area contributed by atoms with Gasteiger partial charge in [0.1, 0.15) is 17.2 Å². The van der Waals surface area contributed by atoms with Crippen molar-refractivity contribution in [2.75, 3.05) is 0 Å². The average molecular weight is 349 g/mol. The minimum Gasteiger partial charge on any atom is -0.273 e. The van der Waals surface area contributed by atoms with E-state index < -0.39 is 0 Å². The third kappa shape index (κ3) is 2.58. The number of benzene rings is 1. The molecule has 5 rings (SSSR count). The number of para-hydroxylation sites is 1. The van der Waals surface area contributed by atoms with Crippen molar-refractivity contribution < 1.29 is 0 Å². The molecule has 1 aliphatic carbocycles. The van der Waals surface area contributed by atoms with Crippen molar-refractivity contribution in [2.45, 2.75) is 35.9 Å². The summed E-state index contributed by atoms with van der Waals surface area (Å²) in [5, 5.41) is 15.0. The molecule has 0 amide bonds. The van der Waals surface area contributed by atoms with Gasteiger partial charge < -0.3 is 0 Å². The molecule has 0 atom stereocenters. The van der Waals surface area contributed by atoms with E-state index in [0.717, 1.165) is 27.4 Å². The smallest absolute Gasteiger partial charge is 0.253 e. The number of aryl methyl sites for hydroxylation is 1. The van der Waals surface area contributed by atoms with E-state index in [1.165, 1.54) is 30.9 Å². The van der Waals surface area contributed by atoms with Crippen molar-refractivity contribution in [1.29, 1.82) is 0 Å². The maximum atomic E-state index is 4.47. The molecule has 1 aromatic carbocycles. The molecule has 0 bridgehead atoms. The topological polar surface area (TPSA) is 73.8 Å². The summed E-state index contributed by atoms with van der Waals surface area (Å²) in [6.45, 7) is 1.95. The van der Waals surface area contributed by atoms with E-state index in [1.807, 2.05) is 31.2 Å². The maximum absolute atomic E-state index is 4.47. The van der Waals surface area contributed by atoms with E-state index in [4.69, 9.17) is 0 Å². The Morgan fingerprint density at radius 2 is 1.96 bits per heavy atom. The van der Waals surface area contributed by atoms with Gasteiger partial charge in [0, 0.05) is 17.3 Å². The van der Waals surface area contributed by atoms with Gasteiger partial charge in [-0.05, 0) is 49.7 Å². The lowest BCUT2D eigenvalue weighted by Gasteiger charge is -2.10. The van der Waals surface area contributed by atoms with Crippen LogP contribution in [0.2, 0.25) is 0 Å². The molecule has 3 heterocycles. The second-order valence-corrected chi connectivity index (χ2v) is 7.08. The first kappa shape index (κ1) is 14.6. The van der Waals surface area contributed by atoms with Crippen molar-refractivity contribution in [2.24, 2.45) is 0 Å². The molecule has 7 nitrogen and oxygen atoms in total. The third-order valence-electron chi connectivity index (χ3n) is 4.16. The van der Waals surface area contributed by atoms with Crippen LogP contribution in [0.15, 0.2) is 52.9 Å². The van der Waals surface area contributed by atoms with E-state index in [1.54, 1.807) is 4.52 Å². The molecule has 3 aromatic heterocycles. The van der Waals surface area contributed by atoms with Crippen LogP contribution in [-0.4, -0.2) is 34.3 Å². The van der Waals surface area contributed by atoms with Gasteiger partial charge in [0.15, 0.2) is 0 Å². The molecule has 25 heavy (non-hydrogen) atoms. The molecule has 4 aromatic rings. The van der Waals surface area contributed by atoms with Crippen molar-refractivity contribution in [3.63, 3.8) is 0 Å². The summed E-state index contributed by atoms with van der Waals surface area (Å²) >= 11 is 1.53. The predicted octanol–water partition coefficient (Wildman–Crippen LogP) is 3.04. The summed E-state index contributed by atoms with van der Waals surface area (Å²) < 4.78 is 3.89. The van der Waals surface area contributed by atoms with Crippen LogP contribution in [-0.2, 0) is 0 Å². The monoisotopic (exact) mass is 349 g/mol. The van der Waals surface area contributed by atoms with E-state index in [0.29, 0.717) is 11.7 Å². The fourth-order valence-electron chi connectivity index (χ4n) is 2.84. The number of aromatic nitrogens is 7. The number of rotatable bonds is 4. The van der Waals surface area contributed by atoms with E-state index >= 15 is 0 Å². The molecular weight excluding hydrogens is 334 g/mol. The second-order valence-electron chi connectivity index (χ2n) is 6.10. The first-order valence-corrected chi connectivity index (χ1v) is 8.97. The summed E-state index contributed by atoms with van der Waals surface area (Å²) in [7, 11) is 0. The molecule has 0 N–H and O–H groups in total. The number of fused-ring (bicyclic) bond motifs is 1. The molecule has 0 spiro atoms. The van der Waals surface area contributed by atoms with Gasteiger partial charge in [-0.2, -0.15) is 14.6 Å². The van der Waals surface area contributed by atoms with E-state index in [-0.39, 0.29) is 0 Å². The summed E-state index contributed by atoms with van der Waals surface area (Å²) in [5.41, 5.74) is 1.98. The highest BCUT2D eigenvalue weighted by atomic mass is 32.2. The molecule has 0 unspecified atom stereocenters. The molecule has 0 aliphatic heterocycles. The largest absolute Gasteiger partial charge is 0.273 e. The van der Waals surface area contributed by atoms with E-state index in [2.05, 4.69) is 42.0 Å². The average Bonchev–Trinajstić information content (AvgIpc) is 3.21. The Bertz CT molecular complexity index is 1050. The quantitative estimate of drug-likeness (QED) is 0.527. The molecule has 0 radical (unpaired) electrons. The number of nitrogens with zero attached hydrogens (tertiary/aromatic N) is 7. The zero-order valence-electron chi connectivity index (χ0n) is 13.6. The maximum Gasteiger partial charge on any atom is 0.253 e. The fraction of sp³-hybridized carbons (Fsp3) is 0.235. The molecule has 1 saturated carbocycles. The third-order valence-corrected chi connectivity index (χ3v) is 5.11. The molecule has 124 valence electrons. The first-order chi connectivity index (χ1) is 12.3. The zero-order valence-corrected chi connectivity index (χ0v) is 14.4. The summed E-state index contributed by atoms with van der Waals surface area (Å²) in [5.74, 6) is 2.14. The van der Waals surface area contributed by atoms with Crippen molar-refractivity contribution in [3.8, 4) is 5.69 Å². The van der Waals surface area contributed by atoms with Crippen LogP contribution < -0.4 is 0 Å². The lowest BCUT2D eigenvalue weighted by atomic mass is 10.3. The van der Waals surface area contributed by atoms with Crippen LogP contribution in [0.4, 0.5) is 0 Å². The first-order valence-electron chi connectivity index (χ1n) is 8.15. The second kappa shape index (κ2) is 5.66. The van der Waals surface area contributed by atoms with Gasteiger partial charge in [-0.3, -0.25) is 4.57 Å². The number of hydrogen-bond donors (Lipinski definition) is 0. The molecular formula is C17H15N7S. The molecule has 0 saturated heterocycles. The van der Waals surface area contributed by atoms with Crippen LogP contribution in [0.5, 0.6) is 0 Å². The summed E-state index contributed by atoms with van der Waals surface area (Å²) in [4.78, 5) is 8.59. The van der Waals surface area contributed by atoms with Gasteiger partial charge in [-0.15, -0.1) is 10.2 Å². The minimum atomic E-state index is 0.507. The highest BCUT2D eigenvalue weighted by Crippen LogP contribution is 2.41. The summed E-state index contributed by atoms with van der Waals surface area (Å²) in [6, 6.07) is 12.2. The van der Waals surface area contributed by atoms with Gasteiger partial charge in [0.25, 0.3) is 5.78 Å². The Morgan fingerprint density at radius 1 is 1.12 bits per heavy atom. The minimum absolute atomic E-state index is 0.507. The van der Waals surface area contributed by atoms with Crippen molar-refractivity contribution in [1.82, 2.24) is 34.3 Å². The van der Waals surface area contributed by atoms with Gasteiger partial charge in [0.2, 0.25) is 5.16 Å². The standard InChI is InChI=1S/C17H15N7S/c1-11-9-14(24-16(20-11)18-10-19-24)25-17-22-21-15(12-7-8-12)23(17)13-5-3-2-4-6-13/h2-6,9-10,12H,7-8H2,1H3. The van der Waals surface area contributed by atoms with Crippen LogP contribution in [0.25, 0.3) is 11.5 Å². The van der Waals surface area contributed by atoms with Crippen LogP contribution >= 0.6 is 11.8 Å². The molecule has 1 aliphatic rings. The van der Waals surface area contributed by atoms with Gasteiger partial charge in [0.05, 0.1) is 0 Å². The van der Waals surface area contributed by atoms with Gasteiger partial charge >= 0.3 is 0 Å². The highest BCUT2D eigenvalue weighted by molar-refractivity contribution is 7.99. The molecule has 8 heteroatoms. The molecule has 1 fully saturated rings. The lowest BCUT2D eigenvalue weighted by Crippen LogP contribution is -2.03. The van der Waals surface area contributed by atoms with Crippen molar-refractivity contribution >= 4 is 17.5 Å². The summed E-state index contributed by atoms with van der Waals surface area (Å²) in [6.07, 6.45) is 3.87. The normalized spacial score (nSPS) is 14.3. The Balaban J connectivity index is 1.64. The lowest BCUT2D eigenvalue weighted by molar-refractivity contribution is 0.809. The Kier molecular flexibility index (Phi) is 3.30. The Labute approximate surface area is 148 Å². The Morgan fingerprint density at radius 3 is 2.76 bits per heavy atom. The van der Waals surface area contributed by atoms with Crippen molar-refractivity contribution in [3.05, 3.63) is 54.2 Å². The Hall–Kier alpha value is -2.74. The van der Waals surface area contributed by atoms with E-state index in [9.17, 15) is 0 Å². The van der Waals surface area contributed by atoms with Crippen LogP contribution in [0.1, 0.15) is 30.3 Å². The van der Waals surface area contributed by atoms with Gasteiger partial charge in [-0.1, -0.05) is 18.2 Å². The SMILES string of the molecule is Cc1cc(Sc2nnc(C3CC3)n2-c2ccccc2)n2ncnc2n1.